The van der Waals surface area contributed by atoms with Gasteiger partial charge in [-0.15, -0.1) is 0 Å². The molecule has 1 N–H and O–H groups in total. The molecule has 0 radical (unpaired) electrons. The molecule has 0 aliphatic carbocycles. The van der Waals surface area contributed by atoms with Crippen LogP contribution in [0, 0.1) is 13.8 Å². The molecular weight excluding hydrogens is 236 g/mol. The van der Waals surface area contributed by atoms with Gasteiger partial charge in [-0.3, -0.25) is 4.90 Å². The number of morpholine rings is 1. The molecule has 1 saturated heterocycles. The van der Waals surface area contributed by atoms with E-state index in [1.165, 1.54) is 16.7 Å². The lowest BCUT2D eigenvalue weighted by molar-refractivity contribution is -0.0209. The number of benzene rings is 1. The number of hydrogen-bond acceptors (Lipinski definition) is 3. The summed E-state index contributed by atoms with van der Waals surface area (Å²) in [6.45, 7) is 10.5. The monoisotopic (exact) mass is 262 g/mol. The summed E-state index contributed by atoms with van der Waals surface area (Å²) in [5.74, 6) is 0. The van der Waals surface area contributed by atoms with E-state index in [9.17, 15) is 0 Å². The van der Waals surface area contributed by atoms with Gasteiger partial charge in [0.2, 0.25) is 0 Å². The van der Waals surface area contributed by atoms with E-state index in [1.807, 2.05) is 0 Å². The molecule has 1 fully saturated rings. The smallest absolute Gasteiger partial charge is 0.0674 e. The average molecular weight is 262 g/mol. The Labute approximate surface area is 116 Å². The molecule has 2 unspecified atom stereocenters. The highest BCUT2D eigenvalue weighted by molar-refractivity contribution is 5.33. The summed E-state index contributed by atoms with van der Waals surface area (Å²) in [6.07, 6.45) is 0.352. The minimum atomic E-state index is 0.352. The van der Waals surface area contributed by atoms with Gasteiger partial charge in [-0.1, -0.05) is 23.8 Å². The molecule has 0 aromatic heterocycles. The van der Waals surface area contributed by atoms with Crippen LogP contribution in [0.1, 0.15) is 29.7 Å². The molecule has 106 valence electrons. The maximum absolute atomic E-state index is 5.61. The fourth-order valence-electron chi connectivity index (χ4n) is 2.80. The molecule has 1 aromatic carbocycles. The SMILES string of the molecule is CNC(CN1CCOC(C)C1)c1cc(C)ccc1C. The largest absolute Gasteiger partial charge is 0.376 e. The number of ether oxygens (including phenoxy) is 1. The van der Waals surface area contributed by atoms with E-state index in [-0.39, 0.29) is 0 Å². The van der Waals surface area contributed by atoms with Crippen molar-refractivity contribution in [2.75, 3.05) is 33.3 Å². The standard InChI is InChI=1S/C16H26N2O/c1-12-5-6-13(2)15(9-12)16(17-4)11-18-7-8-19-14(3)10-18/h5-6,9,14,16-17H,7-8,10-11H2,1-4H3. The van der Waals surface area contributed by atoms with Gasteiger partial charge in [-0.2, -0.15) is 0 Å². The van der Waals surface area contributed by atoms with Gasteiger partial charge in [0.25, 0.3) is 0 Å². The van der Waals surface area contributed by atoms with Gasteiger partial charge in [0.1, 0.15) is 0 Å². The molecule has 19 heavy (non-hydrogen) atoms. The Morgan fingerprint density at radius 3 is 2.89 bits per heavy atom. The zero-order valence-electron chi connectivity index (χ0n) is 12.6. The third-order valence-corrected chi connectivity index (χ3v) is 3.92. The van der Waals surface area contributed by atoms with Crippen LogP contribution in [0.5, 0.6) is 0 Å². The Kier molecular flexibility index (Phi) is 4.97. The first-order chi connectivity index (χ1) is 9.10. The van der Waals surface area contributed by atoms with Crippen LogP contribution < -0.4 is 5.32 Å². The topological polar surface area (TPSA) is 24.5 Å². The summed E-state index contributed by atoms with van der Waals surface area (Å²) >= 11 is 0. The normalized spacial score (nSPS) is 22.4. The number of aryl methyl sites for hydroxylation is 2. The van der Waals surface area contributed by atoms with Crippen molar-refractivity contribution in [1.29, 1.82) is 0 Å². The number of nitrogens with one attached hydrogen (secondary N) is 1. The van der Waals surface area contributed by atoms with E-state index in [2.05, 4.69) is 56.2 Å². The van der Waals surface area contributed by atoms with Crippen LogP contribution in [0.15, 0.2) is 18.2 Å². The van der Waals surface area contributed by atoms with Crippen LogP contribution in [-0.4, -0.2) is 44.3 Å². The molecule has 3 heteroatoms. The molecule has 1 aromatic rings. The lowest BCUT2D eigenvalue weighted by Gasteiger charge is -2.34. The third-order valence-electron chi connectivity index (χ3n) is 3.92. The molecule has 0 saturated carbocycles. The van der Waals surface area contributed by atoms with E-state index in [0.717, 1.165) is 26.2 Å². The molecule has 0 bridgehead atoms. The van der Waals surface area contributed by atoms with Crippen LogP contribution in [0.4, 0.5) is 0 Å². The van der Waals surface area contributed by atoms with Crippen molar-refractivity contribution in [3.63, 3.8) is 0 Å². The van der Waals surface area contributed by atoms with Crippen molar-refractivity contribution >= 4 is 0 Å². The first-order valence-electron chi connectivity index (χ1n) is 7.18. The Balaban J connectivity index is 2.09. The van der Waals surface area contributed by atoms with Gasteiger partial charge >= 0.3 is 0 Å². The number of rotatable bonds is 4. The van der Waals surface area contributed by atoms with Gasteiger partial charge in [0.05, 0.1) is 12.7 Å². The maximum atomic E-state index is 5.61. The van der Waals surface area contributed by atoms with Crippen LogP contribution in [0.2, 0.25) is 0 Å². The highest BCUT2D eigenvalue weighted by Crippen LogP contribution is 2.21. The first kappa shape index (κ1) is 14.5. The average Bonchev–Trinajstić information content (AvgIpc) is 2.39. The third kappa shape index (κ3) is 3.78. The second-order valence-corrected chi connectivity index (χ2v) is 5.64. The summed E-state index contributed by atoms with van der Waals surface area (Å²) in [5, 5.41) is 3.47. The number of likely N-dealkylation sites (N-methyl/N-ethyl adjacent to an activating group) is 1. The fourth-order valence-corrected chi connectivity index (χ4v) is 2.80. The predicted octanol–water partition coefficient (Wildman–Crippen LogP) is 2.28. The van der Waals surface area contributed by atoms with Crippen LogP contribution >= 0.6 is 0 Å². The lowest BCUT2D eigenvalue weighted by Crippen LogP contribution is -2.44. The molecule has 1 heterocycles. The van der Waals surface area contributed by atoms with Crippen molar-refractivity contribution < 1.29 is 4.74 Å². The molecular formula is C16H26N2O. The van der Waals surface area contributed by atoms with Gasteiger partial charge in [-0.25, -0.2) is 0 Å². The van der Waals surface area contributed by atoms with Crippen molar-refractivity contribution in [1.82, 2.24) is 10.2 Å². The highest BCUT2D eigenvalue weighted by atomic mass is 16.5. The molecule has 3 nitrogen and oxygen atoms in total. The second kappa shape index (κ2) is 6.51. The second-order valence-electron chi connectivity index (χ2n) is 5.64. The Morgan fingerprint density at radius 2 is 2.21 bits per heavy atom. The summed E-state index contributed by atoms with van der Waals surface area (Å²) in [6, 6.07) is 7.10. The van der Waals surface area contributed by atoms with E-state index in [1.54, 1.807) is 0 Å². The van der Waals surface area contributed by atoms with Gasteiger partial charge < -0.3 is 10.1 Å². The fraction of sp³-hybridized carbons (Fsp3) is 0.625. The van der Waals surface area contributed by atoms with Crippen molar-refractivity contribution in [3.8, 4) is 0 Å². The molecule has 1 aliphatic heterocycles. The molecule has 0 spiro atoms. The van der Waals surface area contributed by atoms with Crippen LogP contribution in [-0.2, 0) is 4.74 Å². The summed E-state index contributed by atoms with van der Waals surface area (Å²) < 4.78 is 5.61. The summed E-state index contributed by atoms with van der Waals surface area (Å²) in [7, 11) is 2.05. The zero-order chi connectivity index (χ0) is 13.8. The lowest BCUT2D eigenvalue weighted by atomic mass is 9.98. The number of hydrogen-bond donors (Lipinski definition) is 1. The Bertz CT molecular complexity index is 419. The molecule has 2 atom stereocenters. The van der Waals surface area contributed by atoms with E-state index >= 15 is 0 Å². The van der Waals surface area contributed by atoms with Crippen LogP contribution in [0.3, 0.4) is 0 Å². The quantitative estimate of drug-likeness (QED) is 0.901. The predicted molar refractivity (Wildman–Crippen MR) is 79.6 cm³/mol. The Morgan fingerprint density at radius 1 is 1.42 bits per heavy atom. The van der Waals surface area contributed by atoms with E-state index in [0.29, 0.717) is 12.1 Å². The van der Waals surface area contributed by atoms with Gasteiger partial charge in [-0.05, 0) is 38.9 Å². The maximum Gasteiger partial charge on any atom is 0.0674 e. The summed E-state index contributed by atoms with van der Waals surface area (Å²) in [5.41, 5.74) is 4.11. The Hall–Kier alpha value is -0.900. The van der Waals surface area contributed by atoms with Crippen molar-refractivity contribution in [2.45, 2.75) is 32.9 Å². The minimum absolute atomic E-state index is 0.352. The van der Waals surface area contributed by atoms with Gasteiger partial charge in [0.15, 0.2) is 0 Å². The summed E-state index contributed by atoms with van der Waals surface area (Å²) in [4.78, 5) is 2.50. The van der Waals surface area contributed by atoms with E-state index < -0.39 is 0 Å². The van der Waals surface area contributed by atoms with Crippen molar-refractivity contribution in [2.24, 2.45) is 0 Å². The van der Waals surface area contributed by atoms with Crippen LogP contribution in [0.25, 0.3) is 0 Å². The van der Waals surface area contributed by atoms with Crippen molar-refractivity contribution in [3.05, 3.63) is 34.9 Å². The molecule has 2 rings (SSSR count). The number of nitrogens with zero attached hydrogens (tertiary/aromatic N) is 1. The zero-order valence-corrected chi connectivity index (χ0v) is 12.6. The van der Waals surface area contributed by atoms with Gasteiger partial charge in [0, 0.05) is 25.7 Å². The molecule has 0 amide bonds. The molecule has 1 aliphatic rings. The minimum Gasteiger partial charge on any atom is -0.376 e. The first-order valence-corrected chi connectivity index (χ1v) is 7.18. The van der Waals surface area contributed by atoms with E-state index in [4.69, 9.17) is 4.74 Å². The highest BCUT2D eigenvalue weighted by Gasteiger charge is 2.21.